The standard InChI is InChI=1S/C22H22N2O2S/c1-16-4-7-19(8-5-16)27(25,26)24-12-10-18(3)22(11-13-24)15-23-21-9-6-17(2)14-20(21)22/h4-10,12,14-15H,3,11,13H2,1-2H3. The molecule has 5 heteroatoms. The summed E-state index contributed by atoms with van der Waals surface area (Å²) in [5.74, 6) is 0. The maximum Gasteiger partial charge on any atom is 0.263 e. The Balaban J connectivity index is 1.70. The zero-order valence-electron chi connectivity index (χ0n) is 15.5. The third kappa shape index (κ3) is 2.82. The SMILES string of the molecule is C=C1C=CN(S(=O)(=O)c2ccc(C)cc2)CCC12C=Nc1ccc(C)cc12. The molecule has 0 fully saturated rings. The summed E-state index contributed by atoms with van der Waals surface area (Å²) < 4.78 is 27.6. The second kappa shape index (κ2) is 6.20. The maximum atomic E-state index is 13.1. The molecule has 0 saturated heterocycles. The van der Waals surface area contributed by atoms with E-state index in [1.165, 1.54) is 4.31 Å². The van der Waals surface area contributed by atoms with E-state index in [1.807, 2.05) is 43.5 Å². The van der Waals surface area contributed by atoms with E-state index in [-0.39, 0.29) is 0 Å². The van der Waals surface area contributed by atoms with E-state index in [2.05, 4.69) is 24.6 Å². The molecule has 0 radical (unpaired) electrons. The molecule has 1 spiro atoms. The summed E-state index contributed by atoms with van der Waals surface area (Å²) in [6, 6.07) is 13.1. The van der Waals surface area contributed by atoms with Gasteiger partial charge in [0.25, 0.3) is 10.0 Å². The van der Waals surface area contributed by atoms with Crippen molar-refractivity contribution in [3.63, 3.8) is 0 Å². The molecular weight excluding hydrogens is 356 g/mol. The molecule has 0 aromatic heterocycles. The Morgan fingerprint density at radius 1 is 1.07 bits per heavy atom. The van der Waals surface area contributed by atoms with Crippen LogP contribution in [-0.2, 0) is 15.4 Å². The van der Waals surface area contributed by atoms with Crippen molar-refractivity contribution in [2.75, 3.05) is 6.54 Å². The van der Waals surface area contributed by atoms with Gasteiger partial charge >= 0.3 is 0 Å². The maximum absolute atomic E-state index is 13.1. The number of hydrogen-bond acceptors (Lipinski definition) is 3. The summed E-state index contributed by atoms with van der Waals surface area (Å²) >= 11 is 0. The molecule has 2 aromatic carbocycles. The Morgan fingerprint density at radius 2 is 1.78 bits per heavy atom. The largest absolute Gasteiger partial charge is 0.273 e. The summed E-state index contributed by atoms with van der Waals surface area (Å²) in [6.07, 6.45) is 5.96. The molecule has 0 N–H and O–H groups in total. The van der Waals surface area contributed by atoms with Gasteiger partial charge in [-0.05, 0) is 55.7 Å². The Bertz CT molecular complexity index is 1080. The molecule has 1 unspecified atom stereocenters. The zero-order chi connectivity index (χ0) is 19.2. The van der Waals surface area contributed by atoms with Crippen molar-refractivity contribution >= 4 is 21.9 Å². The number of hydrogen-bond donors (Lipinski definition) is 0. The first kappa shape index (κ1) is 17.7. The van der Waals surface area contributed by atoms with Crippen molar-refractivity contribution in [1.29, 1.82) is 0 Å². The van der Waals surface area contributed by atoms with Crippen molar-refractivity contribution in [2.45, 2.75) is 30.6 Å². The third-order valence-corrected chi connectivity index (χ3v) is 7.22. The van der Waals surface area contributed by atoms with Gasteiger partial charge in [0, 0.05) is 19.0 Å². The first-order valence-corrected chi connectivity index (χ1v) is 10.4. The number of fused-ring (bicyclic) bond motifs is 2. The van der Waals surface area contributed by atoms with Gasteiger partial charge in [-0.15, -0.1) is 0 Å². The highest BCUT2D eigenvalue weighted by Gasteiger charge is 2.40. The van der Waals surface area contributed by atoms with E-state index < -0.39 is 15.4 Å². The lowest BCUT2D eigenvalue weighted by Crippen LogP contribution is -2.32. The van der Waals surface area contributed by atoms with Crippen molar-refractivity contribution in [1.82, 2.24) is 4.31 Å². The predicted octanol–water partition coefficient (Wildman–Crippen LogP) is 4.42. The molecule has 4 nitrogen and oxygen atoms in total. The van der Waals surface area contributed by atoms with E-state index in [1.54, 1.807) is 18.3 Å². The van der Waals surface area contributed by atoms with Crippen LogP contribution in [-0.4, -0.2) is 25.5 Å². The Labute approximate surface area is 160 Å². The molecule has 0 amide bonds. The molecule has 27 heavy (non-hydrogen) atoms. The molecule has 0 bridgehead atoms. The average Bonchev–Trinajstić information content (AvgIpc) is 2.90. The molecule has 0 aliphatic carbocycles. The van der Waals surface area contributed by atoms with Gasteiger partial charge in [-0.3, -0.25) is 9.30 Å². The van der Waals surface area contributed by atoms with Gasteiger partial charge in [0.15, 0.2) is 0 Å². The Morgan fingerprint density at radius 3 is 2.52 bits per heavy atom. The number of allylic oxidation sites excluding steroid dienone is 2. The van der Waals surface area contributed by atoms with Crippen LogP contribution in [0, 0.1) is 13.8 Å². The van der Waals surface area contributed by atoms with Gasteiger partial charge in [-0.25, -0.2) is 8.42 Å². The third-order valence-electron chi connectivity index (χ3n) is 5.43. The summed E-state index contributed by atoms with van der Waals surface area (Å²) in [4.78, 5) is 4.88. The fraction of sp³-hybridized carbons (Fsp3) is 0.227. The molecule has 0 saturated carbocycles. The van der Waals surface area contributed by atoms with Crippen LogP contribution in [0.2, 0.25) is 0 Å². The van der Waals surface area contributed by atoms with Crippen molar-refractivity contribution in [3.8, 4) is 0 Å². The van der Waals surface area contributed by atoms with Crippen molar-refractivity contribution < 1.29 is 8.42 Å². The monoisotopic (exact) mass is 378 g/mol. The molecule has 2 aromatic rings. The van der Waals surface area contributed by atoms with Crippen LogP contribution in [0.1, 0.15) is 23.1 Å². The summed E-state index contributed by atoms with van der Waals surface area (Å²) in [7, 11) is -3.60. The number of rotatable bonds is 2. The van der Waals surface area contributed by atoms with Gasteiger partial charge in [0.2, 0.25) is 0 Å². The molecule has 4 rings (SSSR count). The second-order valence-corrected chi connectivity index (χ2v) is 9.16. The molecular formula is C22H22N2O2S. The highest BCUT2D eigenvalue weighted by Crippen LogP contribution is 2.45. The molecule has 2 heterocycles. The molecule has 2 aliphatic heterocycles. The number of sulfonamides is 1. The lowest BCUT2D eigenvalue weighted by Gasteiger charge is -2.28. The lowest BCUT2D eigenvalue weighted by molar-refractivity contribution is 0.474. The van der Waals surface area contributed by atoms with Gasteiger partial charge in [0.1, 0.15) is 0 Å². The van der Waals surface area contributed by atoms with Crippen LogP contribution in [0.3, 0.4) is 0 Å². The van der Waals surface area contributed by atoms with Gasteiger partial charge < -0.3 is 0 Å². The fourth-order valence-corrected chi connectivity index (χ4v) is 5.02. The highest BCUT2D eigenvalue weighted by atomic mass is 32.2. The first-order valence-electron chi connectivity index (χ1n) is 8.95. The minimum absolute atomic E-state index is 0.302. The number of benzene rings is 2. The molecule has 1 atom stereocenters. The van der Waals surface area contributed by atoms with Crippen LogP contribution in [0.5, 0.6) is 0 Å². The van der Waals surface area contributed by atoms with E-state index in [4.69, 9.17) is 0 Å². The first-order chi connectivity index (χ1) is 12.8. The summed E-state index contributed by atoms with van der Waals surface area (Å²) in [6.45, 7) is 8.60. The Kier molecular flexibility index (Phi) is 4.07. The smallest absolute Gasteiger partial charge is 0.263 e. The van der Waals surface area contributed by atoms with Crippen molar-refractivity contribution in [3.05, 3.63) is 83.6 Å². The fourth-order valence-electron chi connectivity index (χ4n) is 3.71. The van der Waals surface area contributed by atoms with E-state index in [0.29, 0.717) is 17.9 Å². The van der Waals surface area contributed by atoms with Gasteiger partial charge in [0.05, 0.1) is 16.0 Å². The summed E-state index contributed by atoms with van der Waals surface area (Å²) in [5.41, 5.74) is 4.63. The summed E-state index contributed by atoms with van der Waals surface area (Å²) in [5, 5.41) is 0. The van der Waals surface area contributed by atoms with E-state index in [9.17, 15) is 8.42 Å². The quantitative estimate of drug-likeness (QED) is 0.777. The van der Waals surface area contributed by atoms with Crippen LogP contribution in [0.25, 0.3) is 0 Å². The lowest BCUT2D eigenvalue weighted by atomic mass is 9.74. The zero-order valence-corrected chi connectivity index (χ0v) is 16.3. The topological polar surface area (TPSA) is 49.7 Å². The molecule has 2 aliphatic rings. The van der Waals surface area contributed by atoms with Crippen LogP contribution in [0.4, 0.5) is 5.69 Å². The minimum Gasteiger partial charge on any atom is -0.273 e. The van der Waals surface area contributed by atoms with Crippen LogP contribution < -0.4 is 0 Å². The number of aliphatic imine (C=N–C) groups is 1. The average molecular weight is 378 g/mol. The Hall–Kier alpha value is -2.66. The van der Waals surface area contributed by atoms with Gasteiger partial charge in [-0.1, -0.05) is 42.0 Å². The molecule has 138 valence electrons. The van der Waals surface area contributed by atoms with E-state index >= 15 is 0 Å². The van der Waals surface area contributed by atoms with E-state index in [0.717, 1.165) is 28.0 Å². The normalized spacial score (nSPS) is 21.6. The van der Waals surface area contributed by atoms with Gasteiger partial charge in [-0.2, -0.15) is 0 Å². The highest BCUT2D eigenvalue weighted by molar-refractivity contribution is 7.89. The van der Waals surface area contributed by atoms with Crippen molar-refractivity contribution in [2.24, 2.45) is 4.99 Å². The number of nitrogens with zero attached hydrogens (tertiary/aromatic N) is 2. The van der Waals surface area contributed by atoms with Crippen LogP contribution >= 0.6 is 0 Å². The number of aryl methyl sites for hydroxylation is 2. The minimum atomic E-state index is -3.60. The predicted molar refractivity (Wildman–Crippen MR) is 109 cm³/mol. The van der Waals surface area contributed by atoms with Crippen LogP contribution in [0.15, 0.2) is 76.8 Å². The second-order valence-electron chi connectivity index (χ2n) is 7.27.